The average Bonchev–Trinajstić information content (AvgIpc) is 2.63. The highest BCUT2D eigenvalue weighted by Crippen LogP contribution is 2.38. The van der Waals surface area contributed by atoms with Gasteiger partial charge in [0.2, 0.25) is 0 Å². The number of para-hydroxylation sites is 2. The van der Waals surface area contributed by atoms with Crippen molar-refractivity contribution in [1.82, 2.24) is 10.6 Å². The first kappa shape index (κ1) is 17.4. The van der Waals surface area contributed by atoms with Crippen molar-refractivity contribution in [3.63, 3.8) is 0 Å². The van der Waals surface area contributed by atoms with Gasteiger partial charge in [-0.2, -0.15) is 0 Å². The highest BCUT2D eigenvalue weighted by molar-refractivity contribution is 6.31. The van der Waals surface area contributed by atoms with Crippen LogP contribution in [0.15, 0.2) is 53.5 Å². The van der Waals surface area contributed by atoms with Gasteiger partial charge in [0.15, 0.2) is 0 Å². The Morgan fingerprint density at radius 2 is 1.73 bits per heavy atom. The molecular weight excluding hydrogens is 344 g/mol. The van der Waals surface area contributed by atoms with Crippen LogP contribution in [0.25, 0.3) is 0 Å². The SMILES string of the molecule is CC(C)(NC1=Nc2ccccc2NC12CCNCC2)c1ccccc1Cl. The molecule has 2 aromatic carbocycles. The Hall–Kier alpha value is -2.04. The summed E-state index contributed by atoms with van der Waals surface area (Å²) < 4.78 is 0. The molecule has 2 aliphatic heterocycles. The molecule has 2 aliphatic rings. The fraction of sp³-hybridized carbons (Fsp3) is 0.381. The van der Waals surface area contributed by atoms with Gasteiger partial charge in [0.1, 0.15) is 5.84 Å². The summed E-state index contributed by atoms with van der Waals surface area (Å²) in [6.07, 6.45) is 1.98. The number of piperidine rings is 1. The summed E-state index contributed by atoms with van der Waals surface area (Å²) in [6.45, 7) is 6.27. The standard InChI is InChI=1S/C21H25ClN4/c1-20(2,15-7-3-4-8-16(15)22)26-19-21(11-13-23-14-12-21)25-18-10-6-5-9-17(18)24-19/h3-10,23,25H,11-14H2,1-2H3,(H,24,26). The lowest BCUT2D eigenvalue weighted by molar-refractivity contribution is 0.391. The molecular formula is C21H25ClN4. The van der Waals surface area contributed by atoms with Gasteiger partial charge >= 0.3 is 0 Å². The van der Waals surface area contributed by atoms with Crippen LogP contribution in [0.5, 0.6) is 0 Å². The predicted molar refractivity (Wildman–Crippen MR) is 110 cm³/mol. The van der Waals surface area contributed by atoms with Gasteiger partial charge in [-0.15, -0.1) is 0 Å². The Balaban J connectivity index is 1.74. The molecule has 5 heteroatoms. The zero-order chi connectivity index (χ0) is 18.2. The number of aliphatic imine (C=N–C) groups is 1. The largest absolute Gasteiger partial charge is 0.371 e. The van der Waals surface area contributed by atoms with Gasteiger partial charge in [-0.25, -0.2) is 4.99 Å². The van der Waals surface area contributed by atoms with E-state index in [9.17, 15) is 0 Å². The molecule has 0 amide bonds. The molecule has 4 nitrogen and oxygen atoms in total. The number of fused-ring (bicyclic) bond motifs is 1. The van der Waals surface area contributed by atoms with Crippen LogP contribution in [-0.2, 0) is 5.54 Å². The molecule has 2 heterocycles. The predicted octanol–water partition coefficient (Wildman–Crippen LogP) is 4.44. The molecule has 3 N–H and O–H groups in total. The molecule has 0 aliphatic carbocycles. The molecule has 26 heavy (non-hydrogen) atoms. The molecule has 2 aromatic rings. The van der Waals surface area contributed by atoms with Crippen LogP contribution in [0.3, 0.4) is 0 Å². The molecule has 0 atom stereocenters. The third kappa shape index (κ3) is 3.08. The molecule has 1 spiro atoms. The number of anilines is 1. The zero-order valence-corrected chi connectivity index (χ0v) is 16.0. The molecule has 1 saturated heterocycles. The van der Waals surface area contributed by atoms with E-state index >= 15 is 0 Å². The van der Waals surface area contributed by atoms with Crippen molar-refractivity contribution in [2.45, 2.75) is 37.8 Å². The summed E-state index contributed by atoms with van der Waals surface area (Å²) in [4.78, 5) is 5.03. The Labute approximate surface area is 160 Å². The van der Waals surface area contributed by atoms with Gasteiger partial charge in [0.05, 0.1) is 22.5 Å². The van der Waals surface area contributed by atoms with E-state index in [1.54, 1.807) is 0 Å². The van der Waals surface area contributed by atoms with Gasteiger partial charge in [0, 0.05) is 5.02 Å². The van der Waals surface area contributed by atoms with Gasteiger partial charge in [-0.1, -0.05) is 41.9 Å². The lowest BCUT2D eigenvalue weighted by atomic mass is 9.83. The maximum absolute atomic E-state index is 6.48. The number of hydrogen-bond acceptors (Lipinski definition) is 4. The van der Waals surface area contributed by atoms with E-state index in [4.69, 9.17) is 16.6 Å². The third-order valence-corrected chi connectivity index (χ3v) is 5.73. The smallest absolute Gasteiger partial charge is 0.129 e. The number of benzene rings is 2. The minimum Gasteiger partial charge on any atom is -0.371 e. The van der Waals surface area contributed by atoms with Crippen LogP contribution in [-0.4, -0.2) is 24.5 Å². The van der Waals surface area contributed by atoms with Crippen molar-refractivity contribution in [3.05, 3.63) is 59.1 Å². The maximum Gasteiger partial charge on any atom is 0.129 e. The van der Waals surface area contributed by atoms with E-state index in [2.05, 4.69) is 54.1 Å². The molecule has 4 rings (SSSR count). The molecule has 0 radical (unpaired) electrons. The molecule has 0 aromatic heterocycles. The molecule has 0 unspecified atom stereocenters. The van der Waals surface area contributed by atoms with Gasteiger partial charge in [-0.05, 0) is 63.5 Å². The monoisotopic (exact) mass is 368 g/mol. The van der Waals surface area contributed by atoms with Crippen molar-refractivity contribution in [2.75, 3.05) is 18.4 Å². The summed E-state index contributed by atoms with van der Waals surface area (Å²) >= 11 is 6.48. The molecule has 136 valence electrons. The molecule has 0 bridgehead atoms. The molecule has 0 saturated carbocycles. The van der Waals surface area contributed by atoms with E-state index in [-0.39, 0.29) is 11.1 Å². The summed E-state index contributed by atoms with van der Waals surface area (Å²) in [7, 11) is 0. The number of rotatable bonds is 2. The van der Waals surface area contributed by atoms with Crippen LogP contribution < -0.4 is 16.0 Å². The fourth-order valence-corrected chi connectivity index (χ4v) is 4.29. The van der Waals surface area contributed by atoms with E-state index < -0.39 is 0 Å². The first-order valence-electron chi connectivity index (χ1n) is 9.21. The van der Waals surface area contributed by atoms with Gasteiger partial charge in [0.25, 0.3) is 0 Å². The highest BCUT2D eigenvalue weighted by Gasteiger charge is 2.42. The Kier molecular flexibility index (Phi) is 4.41. The Morgan fingerprint density at radius 1 is 1.04 bits per heavy atom. The average molecular weight is 369 g/mol. The summed E-state index contributed by atoms with van der Waals surface area (Å²) in [5.41, 5.74) is 2.66. The minimum absolute atomic E-state index is 0.169. The van der Waals surface area contributed by atoms with Crippen molar-refractivity contribution in [2.24, 2.45) is 4.99 Å². The van der Waals surface area contributed by atoms with Gasteiger partial charge in [-0.3, -0.25) is 0 Å². The first-order chi connectivity index (χ1) is 12.5. The number of halogens is 1. The third-order valence-electron chi connectivity index (χ3n) is 5.40. The lowest BCUT2D eigenvalue weighted by Gasteiger charge is -2.45. The number of amidine groups is 1. The van der Waals surface area contributed by atoms with Crippen molar-refractivity contribution >= 4 is 28.8 Å². The van der Waals surface area contributed by atoms with Crippen LogP contribution >= 0.6 is 11.6 Å². The summed E-state index contributed by atoms with van der Waals surface area (Å²) in [6, 6.07) is 16.3. The number of nitrogens with one attached hydrogen (secondary N) is 3. The van der Waals surface area contributed by atoms with Crippen molar-refractivity contribution in [3.8, 4) is 0 Å². The van der Waals surface area contributed by atoms with Crippen LogP contribution in [0.1, 0.15) is 32.3 Å². The maximum atomic E-state index is 6.48. The molecule has 1 fully saturated rings. The summed E-state index contributed by atoms with van der Waals surface area (Å²) in [5, 5.41) is 11.7. The van der Waals surface area contributed by atoms with E-state index in [0.29, 0.717) is 0 Å². The van der Waals surface area contributed by atoms with E-state index in [1.807, 2.05) is 24.3 Å². The number of hydrogen-bond donors (Lipinski definition) is 3. The van der Waals surface area contributed by atoms with Gasteiger partial charge < -0.3 is 16.0 Å². The minimum atomic E-state index is -0.330. The second-order valence-electron chi connectivity index (χ2n) is 7.66. The van der Waals surface area contributed by atoms with Crippen molar-refractivity contribution in [1.29, 1.82) is 0 Å². The number of nitrogens with zero attached hydrogens (tertiary/aromatic N) is 1. The van der Waals surface area contributed by atoms with E-state index in [0.717, 1.165) is 53.7 Å². The second kappa shape index (κ2) is 6.60. The highest BCUT2D eigenvalue weighted by atomic mass is 35.5. The zero-order valence-electron chi connectivity index (χ0n) is 15.3. The van der Waals surface area contributed by atoms with Crippen LogP contribution in [0, 0.1) is 0 Å². The first-order valence-corrected chi connectivity index (χ1v) is 9.58. The topological polar surface area (TPSA) is 48.5 Å². The Bertz CT molecular complexity index is 837. The fourth-order valence-electron chi connectivity index (χ4n) is 3.92. The second-order valence-corrected chi connectivity index (χ2v) is 8.07. The Morgan fingerprint density at radius 3 is 2.50 bits per heavy atom. The normalized spacial score (nSPS) is 18.7. The summed E-state index contributed by atoms with van der Waals surface area (Å²) in [5.74, 6) is 1.00. The lowest BCUT2D eigenvalue weighted by Crippen LogP contribution is -2.61. The van der Waals surface area contributed by atoms with Crippen molar-refractivity contribution < 1.29 is 0 Å². The van der Waals surface area contributed by atoms with Crippen LogP contribution in [0.4, 0.5) is 11.4 Å². The van der Waals surface area contributed by atoms with E-state index in [1.165, 1.54) is 0 Å². The van der Waals surface area contributed by atoms with Crippen LogP contribution in [0.2, 0.25) is 5.02 Å². The quantitative estimate of drug-likeness (QED) is 0.734.